The quantitative estimate of drug-likeness (QED) is 0.446. The first-order chi connectivity index (χ1) is 14.7. The Morgan fingerprint density at radius 1 is 1.29 bits per heavy atom. The monoisotopic (exact) mass is 424 g/mol. The van der Waals surface area contributed by atoms with E-state index in [9.17, 15) is 4.39 Å². The van der Waals surface area contributed by atoms with Crippen LogP contribution in [-0.2, 0) is 19.4 Å². The van der Waals surface area contributed by atoms with E-state index in [1.54, 1.807) is 0 Å². The Kier molecular flexibility index (Phi) is 5.66. The van der Waals surface area contributed by atoms with Crippen LogP contribution in [-0.4, -0.2) is 38.2 Å². The molecule has 0 bridgehead atoms. The van der Waals surface area contributed by atoms with Gasteiger partial charge in [-0.1, -0.05) is 12.7 Å². The summed E-state index contributed by atoms with van der Waals surface area (Å²) < 4.78 is 21.6. The van der Waals surface area contributed by atoms with E-state index in [-0.39, 0.29) is 11.4 Å². The van der Waals surface area contributed by atoms with Crippen LogP contribution in [0.3, 0.4) is 0 Å². The van der Waals surface area contributed by atoms with Crippen molar-refractivity contribution in [1.82, 2.24) is 24.8 Å². The molecule has 0 unspecified atom stereocenters. The van der Waals surface area contributed by atoms with Crippen LogP contribution in [0.1, 0.15) is 49.7 Å². The number of fused-ring (bicyclic) bond motifs is 2. The highest BCUT2D eigenvalue weighted by atomic mass is 19.1. The molecule has 0 fully saturated rings. The lowest BCUT2D eigenvalue weighted by Gasteiger charge is -2.20. The third-order valence-corrected chi connectivity index (χ3v) is 5.41. The lowest BCUT2D eigenvalue weighted by molar-refractivity contribution is 0.356. The van der Waals surface area contributed by atoms with Crippen molar-refractivity contribution in [3.8, 4) is 5.75 Å². The van der Waals surface area contributed by atoms with E-state index in [0.717, 1.165) is 42.1 Å². The molecule has 3 aromatic rings. The highest BCUT2D eigenvalue weighted by molar-refractivity contribution is 5.82. The largest absolute Gasteiger partial charge is 0.493 e. The number of nitrogens with zero attached hydrogens (tertiary/aromatic N) is 4. The number of nitrogens with two attached hydrogens (primary N) is 1. The number of imidazole rings is 1. The minimum absolute atomic E-state index is 0.0296. The van der Waals surface area contributed by atoms with Crippen molar-refractivity contribution < 1.29 is 9.13 Å². The lowest BCUT2D eigenvalue weighted by Crippen LogP contribution is -2.36. The summed E-state index contributed by atoms with van der Waals surface area (Å²) in [6, 6.07) is 4.18. The second kappa shape index (κ2) is 8.26. The maximum atomic E-state index is 13.9. The number of nitrogens with one attached hydrogen (secondary N) is 1. The highest BCUT2D eigenvalue weighted by Gasteiger charge is 2.20. The van der Waals surface area contributed by atoms with E-state index in [1.807, 2.05) is 10.6 Å². The Morgan fingerprint density at radius 2 is 2.10 bits per heavy atom. The Labute approximate surface area is 181 Å². The van der Waals surface area contributed by atoms with Gasteiger partial charge in [-0.2, -0.15) is 14.4 Å². The van der Waals surface area contributed by atoms with E-state index >= 15 is 0 Å². The predicted octanol–water partition coefficient (Wildman–Crippen LogP) is 3.49. The number of aryl methyl sites for hydroxylation is 1. The SMILES string of the molecule is C=Cc1cc2c(cc1Cc1nc3c(N)nc(F)nc3n1CCCNC(C)(C)C)OCC2. The summed E-state index contributed by atoms with van der Waals surface area (Å²) in [7, 11) is 0. The molecule has 0 atom stereocenters. The van der Waals surface area contributed by atoms with Crippen molar-refractivity contribution in [2.45, 2.75) is 52.1 Å². The summed E-state index contributed by atoms with van der Waals surface area (Å²) in [5.74, 6) is 1.72. The average Bonchev–Trinajstić information content (AvgIpc) is 3.28. The normalized spacial score (nSPS) is 13.4. The van der Waals surface area contributed by atoms with Crippen molar-refractivity contribution in [3.63, 3.8) is 0 Å². The van der Waals surface area contributed by atoms with Gasteiger partial charge >= 0.3 is 6.08 Å². The first-order valence-electron chi connectivity index (χ1n) is 10.6. The Bertz CT molecular complexity index is 1130. The number of anilines is 1. The van der Waals surface area contributed by atoms with Gasteiger partial charge in [-0.05, 0) is 62.6 Å². The fraction of sp³-hybridized carbons (Fsp3) is 0.435. The Morgan fingerprint density at radius 3 is 2.84 bits per heavy atom. The number of benzene rings is 1. The van der Waals surface area contributed by atoms with Crippen LogP contribution in [0.2, 0.25) is 0 Å². The summed E-state index contributed by atoms with van der Waals surface area (Å²) in [4.78, 5) is 12.3. The van der Waals surface area contributed by atoms with E-state index in [0.29, 0.717) is 30.7 Å². The molecular formula is C23H29FN6O. The number of ether oxygens (including phenoxy) is 1. The van der Waals surface area contributed by atoms with Crippen LogP contribution < -0.4 is 15.8 Å². The van der Waals surface area contributed by atoms with Gasteiger partial charge in [-0.3, -0.25) is 0 Å². The molecule has 8 heteroatoms. The van der Waals surface area contributed by atoms with Gasteiger partial charge in [0.2, 0.25) is 0 Å². The van der Waals surface area contributed by atoms with E-state index in [4.69, 9.17) is 15.5 Å². The molecule has 4 rings (SSSR count). The summed E-state index contributed by atoms with van der Waals surface area (Å²) in [5.41, 5.74) is 10.1. The van der Waals surface area contributed by atoms with Gasteiger partial charge < -0.3 is 20.4 Å². The van der Waals surface area contributed by atoms with Crippen LogP contribution in [0.4, 0.5) is 10.2 Å². The molecule has 0 spiro atoms. The van der Waals surface area contributed by atoms with Crippen molar-refractivity contribution in [3.05, 3.63) is 47.3 Å². The molecule has 31 heavy (non-hydrogen) atoms. The summed E-state index contributed by atoms with van der Waals surface area (Å²) >= 11 is 0. The van der Waals surface area contributed by atoms with Gasteiger partial charge in [-0.15, -0.1) is 0 Å². The molecule has 0 aliphatic carbocycles. The van der Waals surface area contributed by atoms with Gasteiger partial charge in [0.25, 0.3) is 0 Å². The third-order valence-electron chi connectivity index (χ3n) is 5.41. The smallest absolute Gasteiger partial charge is 0.312 e. The molecule has 1 aromatic carbocycles. The summed E-state index contributed by atoms with van der Waals surface area (Å²) in [6.07, 6.45) is 3.27. The van der Waals surface area contributed by atoms with Gasteiger partial charge in [0.1, 0.15) is 11.6 Å². The number of nitrogen functional groups attached to an aromatic ring is 1. The Hall–Kier alpha value is -3.00. The lowest BCUT2D eigenvalue weighted by atomic mass is 9.99. The van der Waals surface area contributed by atoms with Gasteiger partial charge in [0.15, 0.2) is 17.0 Å². The maximum absolute atomic E-state index is 13.9. The van der Waals surface area contributed by atoms with Crippen molar-refractivity contribution in [2.24, 2.45) is 0 Å². The molecule has 0 amide bonds. The van der Waals surface area contributed by atoms with E-state index < -0.39 is 6.08 Å². The zero-order valence-electron chi connectivity index (χ0n) is 18.3. The minimum atomic E-state index is -0.844. The number of hydrogen-bond acceptors (Lipinski definition) is 6. The topological polar surface area (TPSA) is 90.9 Å². The van der Waals surface area contributed by atoms with Crippen molar-refractivity contribution in [1.29, 1.82) is 0 Å². The van der Waals surface area contributed by atoms with Crippen LogP contribution in [0.25, 0.3) is 17.2 Å². The third kappa shape index (κ3) is 4.54. The zero-order valence-corrected chi connectivity index (χ0v) is 18.3. The second-order valence-corrected chi connectivity index (χ2v) is 8.90. The summed E-state index contributed by atoms with van der Waals surface area (Å²) in [5, 5.41) is 3.48. The van der Waals surface area contributed by atoms with E-state index in [1.165, 1.54) is 5.56 Å². The van der Waals surface area contributed by atoms with Gasteiger partial charge in [-0.25, -0.2) is 4.98 Å². The fourth-order valence-corrected chi connectivity index (χ4v) is 3.91. The molecular weight excluding hydrogens is 395 g/mol. The number of halogens is 1. The first kappa shape index (κ1) is 21.2. The van der Waals surface area contributed by atoms with E-state index in [2.05, 4.69) is 54.8 Å². The minimum Gasteiger partial charge on any atom is -0.493 e. The molecule has 3 heterocycles. The number of aromatic nitrogens is 4. The molecule has 1 aliphatic heterocycles. The molecule has 3 N–H and O–H groups in total. The highest BCUT2D eigenvalue weighted by Crippen LogP contribution is 2.31. The van der Waals surface area contributed by atoms with Crippen LogP contribution in [0.5, 0.6) is 5.75 Å². The molecule has 0 saturated carbocycles. The molecule has 0 radical (unpaired) electrons. The fourth-order valence-electron chi connectivity index (χ4n) is 3.91. The maximum Gasteiger partial charge on any atom is 0.312 e. The van der Waals surface area contributed by atoms with Crippen molar-refractivity contribution in [2.75, 3.05) is 18.9 Å². The molecule has 164 valence electrons. The number of hydrogen-bond donors (Lipinski definition) is 2. The predicted molar refractivity (Wildman–Crippen MR) is 121 cm³/mol. The zero-order chi connectivity index (χ0) is 22.2. The first-order valence-corrected chi connectivity index (χ1v) is 10.6. The Balaban J connectivity index is 1.70. The standard InChI is InChI=1S/C23H29FN6O/c1-5-14-11-15-7-10-31-17(15)12-16(14)13-18-27-19-20(25)28-22(24)29-21(19)30(18)9-6-8-26-23(2,3)4/h5,11-12,26H,1,6-10,13H2,2-4H3,(H2,25,28,29). The van der Waals surface area contributed by atoms with Crippen molar-refractivity contribution >= 4 is 23.1 Å². The molecule has 2 aromatic heterocycles. The van der Waals surface area contributed by atoms with Crippen LogP contribution >= 0.6 is 0 Å². The molecule has 0 saturated heterocycles. The van der Waals surface area contributed by atoms with Crippen LogP contribution in [0, 0.1) is 6.08 Å². The number of rotatable bonds is 7. The van der Waals surface area contributed by atoms with Crippen LogP contribution in [0.15, 0.2) is 18.7 Å². The second-order valence-electron chi connectivity index (χ2n) is 8.90. The average molecular weight is 425 g/mol. The van der Waals surface area contributed by atoms with Gasteiger partial charge in [0.05, 0.1) is 6.61 Å². The molecule has 1 aliphatic rings. The summed E-state index contributed by atoms with van der Waals surface area (Å²) in [6.45, 7) is 12.5. The van der Waals surface area contributed by atoms with Gasteiger partial charge in [0, 0.05) is 24.9 Å². The molecule has 7 nitrogen and oxygen atoms in total.